The number of halogens is 1. The summed E-state index contributed by atoms with van der Waals surface area (Å²) in [5.41, 5.74) is 1.86. The summed E-state index contributed by atoms with van der Waals surface area (Å²) in [4.78, 5) is 23.6. The highest BCUT2D eigenvalue weighted by molar-refractivity contribution is 14.1. The predicted octanol–water partition coefficient (Wildman–Crippen LogP) is 3.89. The van der Waals surface area contributed by atoms with E-state index in [-0.39, 0.29) is 11.8 Å². The topological polar surface area (TPSA) is 58.2 Å². The van der Waals surface area contributed by atoms with E-state index in [1.807, 2.05) is 24.3 Å². The van der Waals surface area contributed by atoms with Crippen LogP contribution in [0.4, 0.5) is 11.4 Å². The Kier molecular flexibility index (Phi) is 5.32. The first kappa shape index (κ1) is 15.5. The van der Waals surface area contributed by atoms with E-state index in [0.29, 0.717) is 17.7 Å². The van der Waals surface area contributed by atoms with Crippen LogP contribution in [0.3, 0.4) is 0 Å². The number of rotatable bonds is 4. The SMILES string of the molecule is CCC(=O)Nc1cccc(C(=O)Nc2ccc(I)cc2)c1. The third-order valence-corrected chi connectivity index (χ3v) is 3.55. The van der Waals surface area contributed by atoms with Gasteiger partial charge in [-0.05, 0) is 65.1 Å². The Hall–Kier alpha value is -1.89. The largest absolute Gasteiger partial charge is 0.326 e. The molecule has 5 heteroatoms. The van der Waals surface area contributed by atoms with Crippen LogP contribution < -0.4 is 10.6 Å². The van der Waals surface area contributed by atoms with Gasteiger partial charge in [-0.25, -0.2) is 0 Å². The summed E-state index contributed by atoms with van der Waals surface area (Å²) in [7, 11) is 0. The highest BCUT2D eigenvalue weighted by Crippen LogP contribution is 2.15. The average Bonchev–Trinajstić information content (AvgIpc) is 2.49. The number of carbonyl (C=O) groups is 2. The summed E-state index contributed by atoms with van der Waals surface area (Å²) in [6.07, 6.45) is 0.402. The van der Waals surface area contributed by atoms with Crippen LogP contribution in [0.25, 0.3) is 0 Å². The van der Waals surface area contributed by atoms with Crippen molar-refractivity contribution in [2.24, 2.45) is 0 Å². The summed E-state index contributed by atoms with van der Waals surface area (Å²) in [6.45, 7) is 1.78. The van der Waals surface area contributed by atoms with E-state index < -0.39 is 0 Å². The van der Waals surface area contributed by atoms with Gasteiger partial charge in [0.05, 0.1) is 0 Å². The van der Waals surface area contributed by atoms with Crippen LogP contribution in [-0.4, -0.2) is 11.8 Å². The molecule has 2 rings (SSSR count). The number of carbonyl (C=O) groups excluding carboxylic acids is 2. The van der Waals surface area contributed by atoms with Crippen molar-refractivity contribution in [2.75, 3.05) is 10.6 Å². The van der Waals surface area contributed by atoms with Crippen LogP contribution in [0.15, 0.2) is 48.5 Å². The molecular weight excluding hydrogens is 379 g/mol. The average molecular weight is 394 g/mol. The lowest BCUT2D eigenvalue weighted by Gasteiger charge is -2.08. The minimum atomic E-state index is -0.205. The summed E-state index contributed by atoms with van der Waals surface area (Å²) >= 11 is 2.21. The molecule has 0 aliphatic carbocycles. The molecule has 0 aromatic heterocycles. The van der Waals surface area contributed by atoms with Gasteiger partial charge in [0.15, 0.2) is 0 Å². The normalized spacial score (nSPS) is 10.0. The van der Waals surface area contributed by atoms with Crippen molar-refractivity contribution < 1.29 is 9.59 Å². The minimum absolute atomic E-state index is 0.0785. The van der Waals surface area contributed by atoms with E-state index in [1.54, 1.807) is 31.2 Å². The molecule has 0 spiro atoms. The number of nitrogens with one attached hydrogen (secondary N) is 2. The van der Waals surface area contributed by atoms with Gasteiger partial charge in [-0.3, -0.25) is 9.59 Å². The van der Waals surface area contributed by atoms with Crippen molar-refractivity contribution in [3.63, 3.8) is 0 Å². The Morgan fingerprint density at radius 1 is 1.00 bits per heavy atom. The molecule has 21 heavy (non-hydrogen) atoms. The van der Waals surface area contributed by atoms with E-state index in [9.17, 15) is 9.59 Å². The number of anilines is 2. The zero-order chi connectivity index (χ0) is 15.2. The van der Waals surface area contributed by atoms with Crippen molar-refractivity contribution in [1.29, 1.82) is 0 Å². The Morgan fingerprint density at radius 3 is 2.38 bits per heavy atom. The van der Waals surface area contributed by atoms with Crippen LogP contribution in [0.5, 0.6) is 0 Å². The Morgan fingerprint density at radius 2 is 1.71 bits per heavy atom. The van der Waals surface area contributed by atoms with Gasteiger partial charge in [0, 0.05) is 26.9 Å². The van der Waals surface area contributed by atoms with Crippen molar-refractivity contribution in [1.82, 2.24) is 0 Å². The molecule has 0 saturated heterocycles. The molecule has 2 aromatic carbocycles. The molecule has 0 bridgehead atoms. The molecule has 0 heterocycles. The Labute approximate surface area is 137 Å². The van der Waals surface area contributed by atoms with Crippen molar-refractivity contribution in [3.05, 3.63) is 57.7 Å². The molecule has 2 amide bonds. The molecule has 108 valence electrons. The van der Waals surface area contributed by atoms with E-state index >= 15 is 0 Å². The smallest absolute Gasteiger partial charge is 0.255 e. The van der Waals surface area contributed by atoms with Gasteiger partial charge < -0.3 is 10.6 Å². The fourth-order valence-electron chi connectivity index (χ4n) is 1.72. The molecule has 0 fully saturated rings. The van der Waals surface area contributed by atoms with Crippen LogP contribution in [0.1, 0.15) is 23.7 Å². The number of hydrogen-bond donors (Lipinski definition) is 2. The molecule has 0 aliphatic heterocycles. The van der Waals surface area contributed by atoms with E-state index in [2.05, 4.69) is 33.2 Å². The summed E-state index contributed by atoms with van der Waals surface area (Å²) in [5.74, 6) is -0.283. The predicted molar refractivity (Wildman–Crippen MR) is 92.5 cm³/mol. The monoisotopic (exact) mass is 394 g/mol. The fraction of sp³-hybridized carbons (Fsp3) is 0.125. The highest BCUT2D eigenvalue weighted by Gasteiger charge is 2.07. The summed E-state index contributed by atoms with van der Waals surface area (Å²) in [6, 6.07) is 14.4. The van der Waals surface area contributed by atoms with Crippen molar-refractivity contribution in [3.8, 4) is 0 Å². The third kappa shape index (κ3) is 4.56. The van der Waals surface area contributed by atoms with Crippen LogP contribution in [0.2, 0.25) is 0 Å². The first-order valence-electron chi connectivity index (χ1n) is 6.55. The fourth-order valence-corrected chi connectivity index (χ4v) is 2.08. The zero-order valence-corrected chi connectivity index (χ0v) is 13.7. The number of hydrogen-bond acceptors (Lipinski definition) is 2. The maximum absolute atomic E-state index is 12.2. The molecular formula is C16H15IN2O2. The minimum Gasteiger partial charge on any atom is -0.326 e. The number of benzene rings is 2. The molecule has 4 nitrogen and oxygen atoms in total. The second-order valence-electron chi connectivity index (χ2n) is 4.44. The third-order valence-electron chi connectivity index (χ3n) is 2.83. The van der Waals surface area contributed by atoms with Crippen molar-refractivity contribution in [2.45, 2.75) is 13.3 Å². The summed E-state index contributed by atoms with van der Waals surface area (Å²) in [5, 5.41) is 5.56. The summed E-state index contributed by atoms with van der Waals surface area (Å²) < 4.78 is 1.11. The van der Waals surface area contributed by atoms with E-state index in [0.717, 1.165) is 9.26 Å². The first-order chi connectivity index (χ1) is 10.1. The molecule has 2 N–H and O–H groups in total. The van der Waals surface area contributed by atoms with Gasteiger partial charge in [0.25, 0.3) is 5.91 Å². The first-order valence-corrected chi connectivity index (χ1v) is 7.63. The molecule has 0 saturated carbocycles. The zero-order valence-electron chi connectivity index (χ0n) is 11.5. The van der Waals surface area contributed by atoms with Gasteiger partial charge in [-0.15, -0.1) is 0 Å². The quantitative estimate of drug-likeness (QED) is 0.774. The van der Waals surface area contributed by atoms with Crippen molar-refractivity contribution >= 4 is 45.8 Å². The second kappa shape index (κ2) is 7.21. The van der Waals surface area contributed by atoms with Gasteiger partial charge in [-0.1, -0.05) is 13.0 Å². The van der Waals surface area contributed by atoms with Crippen LogP contribution in [-0.2, 0) is 4.79 Å². The highest BCUT2D eigenvalue weighted by atomic mass is 127. The van der Waals surface area contributed by atoms with E-state index in [1.165, 1.54) is 0 Å². The van der Waals surface area contributed by atoms with Gasteiger partial charge >= 0.3 is 0 Å². The molecule has 0 aliphatic rings. The lowest BCUT2D eigenvalue weighted by atomic mass is 10.1. The molecule has 0 atom stereocenters. The maximum Gasteiger partial charge on any atom is 0.255 e. The molecule has 0 radical (unpaired) electrons. The standard InChI is InChI=1S/C16H15IN2O2/c1-2-15(20)18-14-5-3-4-11(10-14)16(21)19-13-8-6-12(17)7-9-13/h3-10H,2H2,1H3,(H,18,20)(H,19,21). The lowest BCUT2D eigenvalue weighted by Crippen LogP contribution is -2.13. The van der Waals surface area contributed by atoms with Gasteiger partial charge in [0.2, 0.25) is 5.91 Å². The Balaban J connectivity index is 2.10. The second-order valence-corrected chi connectivity index (χ2v) is 5.69. The lowest BCUT2D eigenvalue weighted by molar-refractivity contribution is -0.115. The number of amides is 2. The van der Waals surface area contributed by atoms with E-state index in [4.69, 9.17) is 0 Å². The maximum atomic E-state index is 12.2. The molecule has 2 aromatic rings. The Bertz CT molecular complexity index is 654. The van der Waals surface area contributed by atoms with Gasteiger partial charge in [-0.2, -0.15) is 0 Å². The van der Waals surface area contributed by atoms with Gasteiger partial charge in [0.1, 0.15) is 0 Å². The van der Waals surface area contributed by atoms with Crippen LogP contribution in [0, 0.1) is 3.57 Å². The molecule has 0 unspecified atom stereocenters. The van der Waals surface area contributed by atoms with Crippen LogP contribution >= 0.6 is 22.6 Å².